The van der Waals surface area contributed by atoms with Crippen LogP contribution in [0.25, 0.3) is 0 Å². The molecule has 0 nitrogen and oxygen atoms in total. The summed E-state index contributed by atoms with van der Waals surface area (Å²) in [4.78, 5) is 0. The number of hydrogen-bond donors (Lipinski definition) is 0. The molecule has 0 aliphatic heterocycles. The van der Waals surface area contributed by atoms with Gasteiger partial charge in [-0.2, -0.15) is 12.2 Å². The van der Waals surface area contributed by atoms with Gasteiger partial charge in [-0.1, -0.05) is 13.8 Å². The van der Waals surface area contributed by atoms with Crippen molar-refractivity contribution in [3.8, 4) is 0 Å². The molecule has 0 atom stereocenters. The molecule has 0 saturated carbocycles. The standard InChI is InChI=1S/2C5H7.Mo/c2*1-3-5-4-2;/h2*1,3-5H,2H3;/q2*-1;+2. The second-order valence-electron chi connectivity index (χ2n) is 1.44. The fourth-order valence-electron chi connectivity index (χ4n) is 0.222. The minimum absolute atomic E-state index is 0. The maximum Gasteiger partial charge on any atom is 2.00 e. The van der Waals surface area contributed by atoms with Crippen molar-refractivity contribution in [3.63, 3.8) is 0 Å². The minimum Gasteiger partial charge on any atom is -0.293 e. The summed E-state index contributed by atoms with van der Waals surface area (Å²) in [6.07, 6.45) is 10.3. The molecule has 0 aromatic carbocycles. The average Bonchev–Trinajstić information content (AvgIpc) is 1.93. The molecule has 1 heteroatoms. The van der Waals surface area contributed by atoms with E-state index in [9.17, 15) is 0 Å². The predicted molar refractivity (Wildman–Crippen MR) is 47.4 cm³/mol. The van der Waals surface area contributed by atoms with Crippen LogP contribution < -0.4 is 0 Å². The summed E-state index contributed by atoms with van der Waals surface area (Å²) in [5, 5.41) is 0. The van der Waals surface area contributed by atoms with Gasteiger partial charge >= 0.3 is 21.1 Å². The molecule has 0 spiro atoms. The van der Waals surface area contributed by atoms with Crippen molar-refractivity contribution in [2.75, 3.05) is 0 Å². The van der Waals surface area contributed by atoms with E-state index >= 15 is 0 Å². The monoisotopic (exact) mass is 232 g/mol. The Morgan fingerprint density at radius 2 is 1.09 bits per heavy atom. The fourth-order valence-corrected chi connectivity index (χ4v) is 0.222. The van der Waals surface area contributed by atoms with Gasteiger partial charge in [0.25, 0.3) is 0 Å². The Morgan fingerprint density at radius 1 is 0.818 bits per heavy atom. The zero-order valence-corrected chi connectivity index (χ0v) is 9.03. The van der Waals surface area contributed by atoms with E-state index in [1.165, 1.54) is 12.2 Å². The predicted octanol–water partition coefficient (Wildman–Crippen LogP) is 3.10. The van der Waals surface area contributed by atoms with Gasteiger partial charge in [-0.15, -0.1) is 0 Å². The van der Waals surface area contributed by atoms with Gasteiger partial charge in [0.1, 0.15) is 0 Å². The van der Waals surface area contributed by atoms with Crippen LogP contribution in [0, 0.1) is 13.2 Å². The topological polar surface area (TPSA) is 0 Å². The Hall–Kier alpha value is -0.352. The molecule has 11 heavy (non-hydrogen) atoms. The van der Waals surface area contributed by atoms with Gasteiger partial charge in [-0.25, -0.2) is 24.3 Å². The second-order valence-corrected chi connectivity index (χ2v) is 1.44. The Morgan fingerprint density at radius 3 is 1.09 bits per heavy atom. The van der Waals surface area contributed by atoms with E-state index in [-0.39, 0.29) is 21.1 Å². The van der Waals surface area contributed by atoms with Crippen LogP contribution in [0.1, 0.15) is 13.8 Å². The number of hydrogen-bond acceptors (Lipinski definition) is 0. The van der Waals surface area contributed by atoms with Crippen molar-refractivity contribution in [3.05, 3.63) is 49.6 Å². The quantitative estimate of drug-likeness (QED) is 0.388. The molecule has 0 unspecified atom stereocenters. The van der Waals surface area contributed by atoms with Gasteiger partial charge in [0.05, 0.1) is 0 Å². The summed E-state index contributed by atoms with van der Waals surface area (Å²) in [6, 6.07) is 0. The zero-order chi connectivity index (χ0) is 8.24. The molecular formula is C10H14Mo. The molecule has 0 fully saturated rings. The Balaban J connectivity index is -0.000000107. The van der Waals surface area contributed by atoms with E-state index in [0.717, 1.165) is 0 Å². The third kappa shape index (κ3) is 42.4. The smallest absolute Gasteiger partial charge is 0.293 e. The second kappa shape index (κ2) is 22.6. The molecule has 0 radical (unpaired) electrons. The van der Waals surface area contributed by atoms with Gasteiger partial charge < -0.3 is 0 Å². The Kier molecular flexibility index (Phi) is 34.8. The first-order valence-electron chi connectivity index (χ1n) is 3.15. The van der Waals surface area contributed by atoms with Gasteiger partial charge in [0.2, 0.25) is 0 Å². The van der Waals surface area contributed by atoms with Crippen molar-refractivity contribution >= 4 is 0 Å². The largest absolute Gasteiger partial charge is 2.00 e. The van der Waals surface area contributed by atoms with Crippen LogP contribution in [0.4, 0.5) is 0 Å². The van der Waals surface area contributed by atoms with Crippen LogP contribution in [0.2, 0.25) is 0 Å². The van der Waals surface area contributed by atoms with Crippen molar-refractivity contribution in [2.24, 2.45) is 0 Å². The van der Waals surface area contributed by atoms with E-state index in [1.807, 2.05) is 26.0 Å². The molecule has 0 heterocycles. The molecule has 0 N–H and O–H groups in total. The summed E-state index contributed by atoms with van der Waals surface area (Å²) in [6.45, 7) is 13.7. The number of allylic oxidation sites excluding steroid dienone is 6. The maximum atomic E-state index is 4.93. The van der Waals surface area contributed by atoms with Gasteiger partial charge in [0.15, 0.2) is 0 Å². The van der Waals surface area contributed by atoms with E-state index in [0.29, 0.717) is 0 Å². The first-order valence-corrected chi connectivity index (χ1v) is 3.15. The normalized spacial score (nSPS) is 8.18. The molecule has 0 amide bonds. The molecule has 0 rings (SSSR count). The van der Waals surface area contributed by atoms with Gasteiger partial charge in [-0.05, 0) is 0 Å². The molecule has 0 aromatic rings. The molecule has 0 saturated heterocycles. The molecule has 60 valence electrons. The molecular weight excluding hydrogens is 216 g/mol. The molecule has 0 aliphatic rings. The first kappa shape index (κ1) is 16.9. The summed E-state index contributed by atoms with van der Waals surface area (Å²) < 4.78 is 0. The minimum atomic E-state index is 0. The summed E-state index contributed by atoms with van der Waals surface area (Å²) in [7, 11) is 0. The molecule has 0 bridgehead atoms. The first-order chi connectivity index (χ1) is 4.83. The van der Waals surface area contributed by atoms with Crippen LogP contribution >= 0.6 is 0 Å². The molecule has 0 aromatic heterocycles. The third-order valence-corrected chi connectivity index (χ3v) is 0.607. The Bertz CT molecular complexity index is 105. The van der Waals surface area contributed by atoms with E-state index < -0.39 is 0 Å². The van der Waals surface area contributed by atoms with E-state index in [1.54, 1.807) is 12.2 Å². The zero-order valence-electron chi connectivity index (χ0n) is 7.03. The van der Waals surface area contributed by atoms with Crippen molar-refractivity contribution in [1.82, 2.24) is 0 Å². The van der Waals surface area contributed by atoms with Crippen molar-refractivity contribution in [1.29, 1.82) is 0 Å². The van der Waals surface area contributed by atoms with Crippen LogP contribution in [0.15, 0.2) is 36.5 Å². The summed E-state index contributed by atoms with van der Waals surface area (Å²) in [5.74, 6) is 0. The fraction of sp³-hybridized carbons (Fsp3) is 0.200. The van der Waals surface area contributed by atoms with Crippen molar-refractivity contribution in [2.45, 2.75) is 13.8 Å². The maximum absolute atomic E-state index is 4.93. The van der Waals surface area contributed by atoms with Crippen LogP contribution in [-0.2, 0) is 21.1 Å². The van der Waals surface area contributed by atoms with Crippen LogP contribution in [0.5, 0.6) is 0 Å². The summed E-state index contributed by atoms with van der Waals surface area (Å²) >= 11 is 0. The Labute approximate surface area is 84.7 Å². The number of rotatable bonds is 2. The van der Waals surface area contributed by atoms with Gasteiger partial charge in [0, 0.05) is 0 Å². The van der Waals surface area contributed by atoms with Crippen LogP contribution in [0.3, 0.4) is 0 Å². The van der Waals surface area contributed by atoms with E-state index in [2.05, 4.69) is 0 Å². The van der Waals surface area contributed by atoms with Crippen LogP contribution in [-0.4, -0.2) is 0 Å². The van der Waals surface area contributed by atoms with Gasteiger partial charge in [-0.3, -0.25) is 13.2 Å². The van der Waals surface area contributed by atoms with E-state index in [4.69, 9.17) is 13.2 Å². The SMILES string of the molecule is [CH-]=CC=CC.[CH-]=CC=CC.[Mo+2]. The third-order valence-electron chi connectivity index (χ3n) is 0.607. The summed E-state index contributed by atoms with van der Waals surface area (Å²) in [5.41, 5.74) is 0. The molecule has 0 aliphatic carbocycles. The average molecular weight is 230 g/mol. The van der Waals surface area contributed by atoms with Crippen molar-refractivity contribution < 1.29 is 21.1 Å².